The lowest BCUT2D eigenvalue weighted by Gasteiger charge is -2.17. The normalized spacial score (nSPS) is 12.4. The first-order valence-corrected chi connectivity index (χ1v) is 7.47. The van der Waals surface area contributed by atoms with Crippen molar-refractivity contribution in [2.24, 2.45) is 0 Å². The van der Waals surface area contributed by atoms with E-state index in [0.29, 0.717) is 13.3 Å². The maximum atomic E-state index is 12.2. The van der Waals surface area contributed by atoms with Crippen LogP contribution in [0.2, 0.25) is 0 Å². The van der Waals surface area contributed by atoms with Crippen LogP contribution in [-0.2, 0) is 10.0 Å². The fourth-order valence-corrected chi connectivity index (χ4v) is 4.00. The molecule has 17 heavy (non-hydrogen) atoms. The van der Waals surface area contributed by atoms with E-state index >= 15 is 0 Å². The first-order valence-electron chi connectivity index (χ1n) is 4.44. The Bertz CT molecular complexity index is 508. The summed E-state index contributed by atoms with van der Waals surface area (Å²) in [6.45, 7) is -0.829. The highest BCUT2D eigenvalue weighted by Crippen LogP contribution is 2.27. The van der Waals surface area contributed by atoms with Crippen molar-refractivity contribution in [3.05, 3.63) is 27.1 Å². The topological polar surface area (TPSA) is 37.4 Å². The van der Waals surface area contributed by atoms with Gasteiger partial charge in [-0.25, -0.2) is 17.2 Å². The fourth-order valence-electron chi connectivity index (χ4n) is 1.14. The van der Waals surface area contributed by atoms with Crippen LogP contribution in [0.15, 0.2) is 32.0 Å². The molecule has 96 valence electrons. The second-order valence-electron chi connectivity index (χ2n) is 3.25. The molecule has 0 aromatic heterocycles. The van der Waals surface area contributed by atoms with Crippen LogP contribution in [0.3, 0.4) is 0 Å². The molecule has 8 heteroatoms. The molecule has 0 saturated heterocycles. The van der Waals surface area contributed by atoms with Crippen LogP contribution in [0.1, 0.15) is 0 Å². The number of rotatable bonds is 4. The van der Waals surface area contributed by atoms with E-state index in [4.69, 9.17) is 0 Å². The zero-order valence-electron chi connectivity index (χ0n) is 8.70. The van der Waals surface area contributed by atoms with E-state index < -0.39 is 23.0 Å². The molecule has 0 bridgehead atoms. The summed E-state index contributed by atoms with van der Waals surface area (Å²) in [6.07, 6.45) is -2.70. The fraction of sp³-hybridized carbons (Fsp3) is 0.333. The Labute approximate surface area is 115 Å². The number of hydrogen-bond donors (Lipinski definition) is 0. The molecule has 0 radical (unpaired) electrons. The average molecular weight is 393 g/mol. The Morgan fingerprint density at radius 2 is 1.94 bits per heavy atom. The molecule has 0 aliphatic carbocycles. The smallest absolute Gasteiger partial charge is 0.209 e. The predicted octanol–water partition coefficient (Wildman–Crippen LogP) is 3.10. The molecule has 0 fully saturated rings. The second-order valence-corrected chi connectivity index (χ2v) is 7.03. The van der Waals surface area contributed by atoms with E-state index in [-0.39, 0.29) is 4.90 Å². The summed E-state index contributed by atoms with van der Waals surface area (Å²) in [7, 11) is -2.77. The van der Waals surface area contributed by atoms with Crippen LogP contribution in [0.4, 0.5) is 8.78 Å². The molecule has 0 unspecified atom stereocenters. The number of sulfonamides is 1. The van der Waals surface area contributed by atoms with Gasteiger partial charge >= 0.3 is 0 Å². The highest BCUT2D eigenvalue weighted by Gasteiger charge is 2.25. The summed E-state index contributed by atoms with van der Waals surface area (Å²) < 4.78 is 49.9. The molecular weight excluding hydrogens is 384 g/mol. The third-order valence-corrected chi connectivity index (χ3v) is 5.27. The Kier molecular flexibility index (Phi) is 5.06. The molecule has 0 N–H and O–H groups in total. The lowest BCUT2D eigenvalue weighted by molar-refractivity contribution is 0.126. The number of hydrogen-bond acceptors (Lipinski definition) is 2. The van der Waals surface area contributed by atoms with Crippen molar-refractivity contribution in [2.45, 2.75) is 11.3 Å². The predicted molar refractivity (Wildman–Crippen MR) is 67.7 cm³/mol. The zero-order chi connectivity index (χ0) is 13.2. The van der Waals surface area contributed by atoms with Crippen molar-refractivity contribution >= 4 is 41.9 Å². The molecule has 0 amide bonds. The molecular formula is C9H9Br2F2NO2S. The van der Waals surface area contributed by atoms with Gasteiger partial charge in [0, 0.05) is 16.0 Å². The third-order valence-electron chi connectivity index (χ3n) is 1.98. The van der Waals surface area contributed by atoms with E-state index in [2.05, 4.69) is 31.9 Å². The molecule has 1 aromatic rings. The maximum absolute atomic E-state index is 12.2. The van der Waals surface area contributed by atoms with Gasteiger partial charge in [-0.2, -0.15) is 4.31 Å². The van der Waals surface area contributed by atoms with Crippen molar-refractivity contribution in [1.82, 2.24) is 4.31 Å². The molecule has 0 saturated carbocycles. The molecule has 1 aromatic carbocycles. The third kappa shape index (κ3) is 3.70. The van der Waals surface area contributed by atoms with Gasteiger partial charge in [0.25, 0.3) is 6.43 Å². The molecule has 0 aliphatic heterocycles. The van der Waals surface area contributed by atoms with Crippen LogP contribution in [0, 0.1) is 0 Å². The van der Waals surface area contributed by atoms with Crippen LogP contribution in [-0.4, -0.2) is 32.7 Å². The van der Waals surface area contributed by atoms with Crippen molar-refractivity contribution in [1.29, 1.82) is 0 Å². The largest absolute Gasteiger partial charge is 0.252 e. The summed E-state index contributed by atoms with van der Waals surface area (Å²) in [5, 5.41) is 0. The van der Waals surface area contributed by atoms with Crippen LogP contribution in [0.5, 0.6) is 0 Å². The minimum atomic E-state index is -3.90. The van der Waals surface area contributed by atoms with E-state index in [0.717, 1.165) is 7.05 Å². The lowest BCUT2D eigenvalue weighted by atomic mass is 10.4. The maximum Gasteiger partial charge on any atom is 0.252 e. The Balaban J connectivity index is 3.13. The quantitative estimate of drug-likeness (QED) is 0.789. The highest BCUT2D eigenvalue weighted by molar-refractivity contribution is 9.11. The van der Waals surface area contributed by atoms with Crippen molar-refractivity contribution in [3.63, 3.8) is 0 Å². The summed E-state index contributed by atoms with van der Waals surface area (Å²) in [6, 6.07) is 4.43. The monoisotopic (exact) mass is 391 g/mol. The van der Waals surface area contributed by atoms with Crippen LogP contribution in [0.25, 0.3) is 0 Å². The molecule has 1 rings (SSSR count). The number of alkyl halides is 2. The van der Waals surface area contributed by atoms with E-state index in [1.54, 1.807) is 6.07 Å². The zero-order valence-corrected chi connectivity index (χ0v) is 12.7. The van der Waals surface area contributed by atoms with Gasteiger partial charge in [0.2, 0.25) is 10.0 Å². The molecule has 3 nitrogen and oxygen atoms in total. The minimum Gasteiger partial charge on any atom is -0.209 e. The number of halogens is 4. The summed E-state index contributed by atoms with van der Waals surface area (Å²) >= 11 is 6.28. The Morgan fingerprint density at radius 3 is 2.41 bits per heavy atom. The summed E-state index contributed by atoms with van der Waals surface area (Å²) in [5.41, 5.74) is 0. The van der Waals surface area contributed by atoms with Gasteiger partial charge in [-0.05, 0) is 34.1 Å². The van der Waals surface area contributed by atoms with Crippen molar-refractivity contribution in [2.75, 3.05) is 13.6 Å². The van der Waals surface area contributed by atoms with Crippen molar-refractivity contribution < 1.29 is 17.2 Å². The number of nitrogens with zero attached hydrogens (tertiary/aromatic N) is 1. The molecule has 0 heterocycles. The van der Waals surface area contributed by atoms with Crippen molar-refractivity contribution in [3.8, 4) is 0 Å². The average Bonchev–Trinajstić information content (AvgIpc) is 2.15. The molecule has 0 atom stereocenters. The SMILES string of the molecule is CN(CC(F)F)S(=O)(=O)c1ccc(Br)cc1Br. The second kappa shape index (κ2) is 5.73. The Hall–Kier alpha value is -0.0500. The number of benzene rings is 1. The van der Waals surface area contributed by atoms with Crippen LogP contribution < -0.4 is 0 Å². The standard InChI is InChI=1S/C9H9Br2F2NO2S/c1-14(5-9(12)13)17(15,16)8-3-2-6(10)4-7(8)11/h2-4,9H,5H2,1H3. The first-order chi connectivity index (χ1) is 7.75. The van der Waals surface area contributed by atoms with Gasteiger partial charge in [0.15, 0.2) is 0 Å². The Morgan fingerprint density at radius 1 is 1.35 bits per heavy atom. The summed E-state index contributed by atoms with van der Waals surface area (Å²) in [4.78, 5) is -0.0381. The highest BCUT2D eigenvalue weighted by atomic mass is 79.9. The van der Waals surface area contributed by atoms with Gasteiger partial charge in [-0.15, -0.1) is 0 Å². The molecule has 0 spiro atoms. The minimum absolute atomic E-state index is 0.0381. The van der Waals surface area contributed by atoms with Gasteiger partial charge in [-0.3, -0.25) is 0 Å². The summed E-state index contributed by atoms with van der Waals surface area (Å²) in [5.74, 6) is 0. The van der Waals surface area contributed by atoms with Gasteiger partial charge in [-0.1, -0.05) is 15.9 Å². The van der Waals surface area contributed by atoms with E-state index in [1.807, 2.05) is 0 Å². The van der Waals surface area contributed by atoms with Gasteiger partial charge < -0.3 is 0 Å². The van der Waals surface area contributed by atoms with Gasteiger partial charge in [0.1, 0.15) is 0 Å². The lowest BCUT2D eigenvalue weighted by Crippen LogP contribution is -2.31. The molecule has 0 aliphatic rings. The van der Waals surface area contributed by atoms with Crippen LogP contribution >= 0.6 is 31.9 Å². The van der Waals surface area contributed by atoms with E-state index in [1.165, 1.54) is 12.1 Å². The van der Waals surface area contributed by atoms with Gasteiger partial charge in [0.05, 0.1) is 11.4 Å². The first kappa shape index (κ1) is 15.0. The van der Waals surface area contributed by atoms with E-state index in [9.17, 15) is 17.2 Å².